The van der Waals surface area contributed by atoms with E-state index in [4.69, 9.17) is 37.9 Å². The van der Waals surface area contributed by atoms with E-state index in [1.54, 1.807) is 0 Å². The minimum atomic E-state index is -1.79. The van der Waals surface area contributed by atoms with Gasteiger partial charge in [-0.15, -0.1) is 0 Å². The monoisotopic (exact) mass is 722 g/mol. The second kappa shape index (κ2) is 15.9. The summed E-state index contributed by atoms with van der Waals surface area (Å²) in [5.74, 6) is -2.67. The van der Waals surface area contributed by atoms with Gasteiger partial charge in [0.2, 0.25) is 6.29 Å². The van der Waals surface area contributed by atoms with Crippen molar-refractivity contribution in [2.45, 2.75) is 126 Å². The van der Waals surface area contributed by atoms with Gasteiger partial charge in [-0.1, -0.05) is 27.7 Å². The average Bonchev–Trinajstić information content (AvgIpc) is 3.81. The maximum atomic E-state index is 12.7. The number of hydrogen-bond donors (Lipinski definition) is 8. The number of aliphatic hydroxyl groups is 8. The summed E-state index contributed by atoms with van der Waals surface area (Å²) in [5.41, 5.74) is -1.38. The third-order valence-electron chi connectivity index (χ3n) is 9.63. The van der Waals surface area contributed by atoms with Crippen molar-refractivity contribution in [3.63, 3.8) is 0 Å². The van der Waals surface area contributed by atoms with E-state index in [1.165, 1.54) is 6.26 Å². The molecule has 4 fully saturated rings. The Kier molecular flexibility index (Phi) is 12.5. The molecule has 0 aromatic heterocycles. The highest BCUT2D eigenvalue weighted by Gasteiger charge is 2.74. The largest absolute Gasteiger partial charge is 0.462 e. The van der Waals surface area contributed by atoms with E-state index in [1.807, 2.05) is 27.7 Å². The molecule has 286 valence electrons. The predicted molar refractivity (Wildman–Crippen MR) is 162 cm³/mol. The Labute approximate surface area is 288 Å². The Morgan fingerprint density at radius 3 is 1.98 bits per heavy atom. The molecule has 3 saturated heterocycles. The molecule has 5 aliphatic rings. The van der Waals surface area contributed by atoms with Crippen molar-refractivity contribution in [2.75, 3.05) is 26.4 Å². The van der Waals surface area contributed by atoms with Crippen molar-refractivity contribution < 1.29 is 88.3 Å². The second-order valence-electron chi connectivity index (χ2n) is 14.5. The lowest BCUT2D eigenvalue weighted by Gasteiger charge is -2.43. The number of epoxide rings is 1. The van der Waals surface area contributed by atoms with Crippen molar-refractivity contribution in [1.82, 2.24) is 0 Å². The van der Waals surface area contributed by atoms with Crippen molar-refractivity contribution >= 4 is 11.9 Å². The van der Waals surface area contributed by atoms with Crippen LogP contribution in [0.4, 0.5) is 0 Å². The van der Waals surface area contributed by atoms with Crippen molar-refractivity contribution in [2.24, 2.45) is 23.7 Å². The van der Waals surface area contributed by atoms with Crippen LogP contribution in [0.2, 0.25) is 0 Å². The van der Waals surface area contributed by atoms with Gasteiger partial charge in [0.1, 0.15) is 67.1 Å². The number of rotatable bonds is 14. The van der Waals surface area contributed by atoms with Crippen LogP contribution in [-0.2, 0) is 47.5 Å². The Hall–Kier alpha value is -2.04. The van der Waals surface area contributed by atoms with Crippen molar-refractivity contribution in [3.05, 3.63) is 11.8 Å². The lowest BCUT2D eigenvalue weighted by molar-refractivity contribution is -0.330. The smallest absolute Gasteiger partial charge is 0.309 e. The lowest BCUT2D eigenvalue weighted by Crippen LogP contribution is -2.61. The third-order valence-corrected chi connectivity index (χ3v) is 9.63. The number of fused-ring (bicyclic) bond motifs is 3. The van der Waals surface area contributed by atoms with Crippen LogP contribution in [0.3, 0.4) is 0 Å². The van der Waals surface area contributed by atoms with Crippen LogP contribution in [-0.4, -0.2) is 165 Å². The summed E-state index contributed by atoms with van der Waals surface area (Å²) < 4.78 is 45.1. The van der Waals surface area contributed by atoms with E-state index < -0.39 is 129 Å². The molecule has 4 heterocycles. The molecule has 5 rings (SSSR count). The topological polar surface area (TPSA) is 273 Å². The van der Waals surface area contributed by atoms with Crippen LogP contribution in [0, 0.1) is 23.7 Å². The van der Waals surface area contributed by atoms with E-state index in [-0.39, 0.29) is 31.3 Å². The lowest BCUT2D eigenvalue weighted by atomic mass is 9.79. The van der Waals surface area contributed by atoms with Gasteiger partial charge in [0.15, 0.2) is 12.6 Å². The van der Waals surface area contributed by atoms with Gasteiger partial charge in [-0.3, -0.25) is 9.59 Å². The molecule has 0 amide bonds. The third kappa shape index (κ3) is 8.12. The quantitative estimate of drug-likeness (QED) is 0.0647. The second-order valence-corrected chi connectivity index (χ2v) is 14.5. The van der Waals surface area contributed by atoms with Crippen molar-refractivity contribution in [3.8, 4) is 0 Å². The molecule has 4 aliphatic heterocycles. The molecule has 0 bridgehead atoms. The van der Waals surface area contributed by atoms with Crippen LogP contribution in [0.1, 0.15) is 40.5 Å². The van der Waals surface area contributed by atoms with Crippen LogP contribution in [0.15, 0.2) is 11.8 Å². The summed E-state index contributed by atoms with van der Waals surface area (Å²) >= 11 is 0. The molecule has 16 atom stereocenters. The first kappa shape index (κ1) is 39.2. The normalized spacial score (nSPS) is 43.9. The van der Waals surface area contributed by atoms with E-state index >= 15 is 0 Å². The summed E-state index contributed by atoms with van der Waals surface area (Å²) in [5, 5.41) is 83.5. The first-order chi connectivity index (χ1) is 23.6. The van der Waals surface area contributed by atoms with Crippen LogP contribution < -0.4 is 0 Å². The highest BCUT2D eigenvalue weighted by atomic mass is 16.7. The SMILES string of the molecule is CC(C)CC(=O)OC[C@@]1(O)[C@H]2[C@H](OC(=O)CC(C)C)OC=C(CO[C@H]3O[C@@H](CO[C@@H]4O[C@H](CO)[C@@H](O)[C@H](O)[C@H]4O)[C@H](O)[C@@H](O)[C@@H]3O)[C@H]2[C@@H]2O[C@@H]21. The van der Waals surface area contributed by atoms with E-state index in [2.05, 4.69) is 0 Å². The van der Waals surface area contributed by atoms with Crippen LogP contribution in [0.5, 0.6) is 0 Å². The minimum absolute atomic E-state index is 0.0141. The fourth-order valence-corrected chi connectivity index (χ4v) is 6.94. The molecule has 1 aliphatic carbocycles. The average molecular weight is 723 g/mol. The summed E-state index contributed by atoms with van der Waals surface area (Å²) in [4.78, 5) is 25.1. The predicted octanol–water partition coefficient (Wildman–Crippen LogP) is -3.21. The molecular weight excluding hydrogens is 672 g/mol. The van der Waals surface area contributed by atoms with Gasteiger partial charge in [0.25, 0.3) is 0 Å². The number of ether oxygens (including phenoxy) is 8. The van der Waals surface area contributed by atoms with Crippen LogP contribution >= 0.6 is 0 Å². The molecular formula is C32H50O18. The summed E-state index contributed by atoms with van der Waals surface area (Å²) in [6, 6.07) is 0. The highest BCUT2D eigenvalue weighted by Crippen LogP contribution is 2.59. The Morgan fingerprint density at radius 1 is 0.780 bits per heavy atom. The Bertz CT molecular complexity index is 1210. The number of aliphatic hydroxyl groups excluding tert-OH is 7. The summed E-state index contributed by atoms with van der Waals surface area (Å²) in [7, 11) is 0. The first-order valence-electron chi connectivity index (χ1n) is 16.9. The molecule has 0 aromatic rings. The van der Waals surface area contributed by atoms with Gasteiger partial charge in [-0.2, -0.15) is 0 Å². The van der Waals surface area contributed by atoms with E-state index in [9.17, 15) is 50.4 Å². The zero-order valence-electron chi connectivity index (χ0n) is 28.3. The number of carbonyl (C=O) groups is 2. The molecule has 0 unspecified atom stereocenters. The molecule has 0 aromatic carbocycles. The number of carbonyl (C=O) groups excluding carboxylic acids is 2. The van der Waals surface area contributed by atoms with Gasteiger partial charge in [-0.05, 0) is 17.4 Å². The molecule has 18 heteroatoms. The van der Waals surface area contributed by atoms with Gasteiger partial charge < -0.3 is 78.7 Å². The summed E-state index contributed by atoms with van der Waals surface area (Å²) in [6.07, 6.45) is -17.1. The minimum Gasteiger partial charge on any atom is -0.462 e. The Morgan fingerprint density at radius 2 is 1.36 bits per heavy atom. The summed E-state index contributed by atoms with van der Waals surface area (Å²) in [6.45, 7) is 5.38. The maximum absolute atomic E-state index is 12.7. The molecule has 0 radical (unpaired) electrons. The Balaban J connectivity index is 1.27. The van der Waals surface area contributed by atoms with Gasteiger partial charge in [0.05, 0.1) is 38.1 Å². The van der Waals surface area contributed by atoms with E-state index in [0.29, 0.717) is 5.57 Å². The van der Waals surface area contributed by atoms with Crippen molar-refractivity contribution in [1.29, 1.82) is 0 Å². The molecule has 50 heavy (non-hydrogen) atoms. The van der Waals surface area contributed by atoms with Gasteiger partial charge in [0, 0.05) is 18.8 Å². The van der Waals surface area contributed by atoms with Gasteiger partial charge >= 0.3 is 11.9 Å². The van der Waals surface area contributed by atoms with E-state index in [0.717, 1.165) is 0 Å². The van der Waals surface area contributed by atoms with Gasteiger partial charge in [-0.25, -0.2) is 0 Å². The fraction of sp³-hybridized carbons (Fsp3) is 0.875. The molecule has 8 N–H and O–H groups in total. The standard InChI is InChI=1S/C32H50O18/c1-12(2)5-17(34)46-11-32(42)20-19(27-28(32)50-27)14(8-43-29(20)49-18(35)6-13(3)4)9-44-30-26(41)24(39)22(37)16(48-30)10-45-31-25(40)23(38)21(36)15(7-33)47-31/h8,12-13,15-16,19-31,33,36-42H,5-7,9-11H2,1-4H3/t15-,16+,19-,20-,21-,22+,23+,24-,25-,26+,27+,28+,29+,30+,31-,32-/m1/s1. The number of esters is 2. The number of hydrogen-bond acceptors (Lipinski definition) is 18. The maximum Gasteiger partial charge on any atom is 0.309 e. The highest BCUT2D eigenvalue weighted by molar-refractivity contribution is 5.70. The fourth-order valence-electron chi connectivity index (χ4n) is 6.94. The zero-order chi connectivity index (χ0) is 36.7. The molecule has 0 spiro atoms. The van der Waals surface area contributed by atoms with Crippen LogP contribution in [0.25, 0.3) is 0 Å². The molecule has 1 saturated carbocycles. The first-order valence-corrected chi connectivity index (χ1v) is 16.9. The molecule has 18 nitrogen and oxygen atoms in total. The zero-order valence-corrected chi connectivity index (χ0v) is 28.3.